The van der Waals surface area contributed by atoms with Gasteiger partial charge in [-0.15, -0.1) is 0 Å². The van der Waals surface area contributed by atoms with Crippen molar-refractivity contribution in [3.05, 3.63) is 78.3 Å². The van der Waals surface area contributed by atoms with Gasteiger partial charge in [0.05, 0.1) is 36.0 Å². The minimum atomic E-state index is -0.704. The summed E-state index contributed by atoms with van der Waals surface area (Å²) in [4.78, 5) is 24.4. The predicted molar refractivity (Wildman–Crippen MR) is 99.9 cm³/mol. The van der Waals surface area contributed by atoms with Gasteiger partial charge in [0, 0.05) is 23.4 Å². The van der Waals surface area contributed by atoms with Gasteiger partial charge in [-0.2, -0.15) is 0 Å². The number of anilines is 1. The normalized spacial score (nSPS) is 10.6. The van der Waals surface area contributed by atoms with E-state index in [4.69, 9.17) is 4.52 Å². The maximum Gasteiger partial charge on any atom is 0.259 e. The van der Waals surface area contributed by atoms with Gasteiger partial charge in [0.1, 0.15) is 0 Å². The molecule has 0 radical (unpaired) electrons. The van der Waals surface area contributed by atoms with Crippen LogP contribution >= 0.6 is 0 Å². The molecule has 0 saturated carbocycles. The standard InChI is InChI=1S/C20H14FN5O2/c1-12-2-3-13(18-5-7-25-28-18)8-15(12)17-10-24-19(11-23-17)26-20(27)14-4-6-22-9-16(14)21/h2-11H,1H3,(H,24,26,27). The first-order valence-corrected chi connectivity index (χ1v) is 8.37. The molecule has 0 spiro atoms. The third-order valence-electron chi connectivity index (χ3n) is 4.15. The summed E-state index contributed by atoms with van der Waals surface area (Å²) in [6.45, 7) is 1.96. The van der Waals surface area contributed by atoms with E-state index < -0.39 is 11.7 Å². The molecule has 1 aromatic carbocycles. The topological polar surface area (TPSA) is 93.8 Å². The molecule has 0 bridgehead atoms. The molecule has 1 amide bonds. The third kappa shape index (κ3) is 3.48. The molecular weight excluding hydrogens is 361 g/mol. The highest BCUT2D eigenvalue weighted by molar-refractivity contribution is 6.03. The van der Waals surface area contributed by atoms with Gasteiger partial charge in [0.25, 0.3) is 5.91 Å². The van der Waals surface area contributed by atoms with E-state index in [1.807, 2.05) is 25.1 Å². The maximum absolute atomic E-state index is 13.7. The molecule has 0 atom stereocenters. The minimum Gasteiger partial charge on any atom is -0.356 e. The Hall–Kier alpha value is -3.94. The predicted octanol–water partition coefficient (Wildman–Crippen LogP) is 3.89. The fraction of sp³-hybridized carbons (Fsp3) is 0.0500. The van der Waals surface area contributed by atoms with Crippen molar-refractivity contribution in [3.8, 4) is 22.6 Å². The molecule has 0 saturated heterocycles. The zero-order valence-electron chi connectivity index (χ0n) is 14.8. The molecular formula is C20H14FN5O2. The minimum absolute atomic E-state index is 0.114. The number of nitrogens with zero attached hydrogens (tertiary/aromatic N) is 4. The van der Waals surface area contributed by atoms with Gasteiger partial charge in [-0.05, 0) is 24.6 Å². The van der Waals surface area contributed by atoms with Crippen LogP contribution in [0.2, 0.25) is 0 Å². The van der Waals surface area contributed by atoms with Gasteiger partial charge in [-0.3, -0.25) is 14.8 Å². The second-order valence-electron chi connectivity index (χ2n) is 6.00. The fourth-order valence-corrected chi connectivity index (χ4v) is 2.69. The maximum atomic E-state index is 13.7. The second-order valence-corrected chi connectivity index (χ2v) is 6.00. The van der Waals surface area contributed by atoms with E-state index in [1.165, 1.54) is 18.5 Å². The molecule has 1 N–H and O–H groups in total. The molecule has 0 fully saturated rings. The summed E-state index contributed by atoms with van der Waals surface area (Å²) in [5.41, 5.74) is 3.27. The van der Waals surface area contributed by atoms with E-state index >= 15 is 0 Å². The molecule has 0 aliphatic heterocycles. The highest BCUT2D eigenvalue weighted by atomic mass is 19.1. The molecule has 7 nitrogen and oxygen atoms in total. The Bertz CT molecular complexity index is 1130. The molecule has 3 aromatic heterocycles. The molecule has 8 heteroatoms. The fourth-order valence-electron chi connectivity index (χ4n) is 2.69. The monoisotopic (exact) mass is 375 g/mol. The van der Waals surface area contributed by atoms with Crippen LogP contribution in [0.3, 0.4) is 0 Å². The number of aryl methyl sites for hydroxylation is 1. The van der Waals surface area contributed by atoms with Crippen LogP contribution in [0, 0.1) is 12.7 Å². The van der Waals surface area contributed by atoms with Gasteiger partial charge in [-0.25, -0.2) is 9.37 Å². The molecule has 28 heavy (non-hydrogen) atoms. The lowest BCUT2D eigenvalue weighted by atomic mass is 10.0. The van der Waals surface area contributed by atoms with E-state index in [9.17, 15) is 9.18 Å². The number of nitrogens with one attached hydrogen (secondary N) is 1. The summed E-state index contributed by atoms with van der Waals surface area (Å²) in [6.07, 6.45) is 6.88. The van der Waals surface area contributed by atoms with Crippen molar-refractivity contribution in [3.63, 3.8) is 0 Å². The summed E-state index contributed by atoms with van der Waals surface area (Å²) < 4.78 is 18.9. The number of amides is 1. The van der Waals surface area contributed by atoms with Crippen LogP contribution in [0.4, 0.5) is 10.2 Å². The third-order valence-corrected chi connectivity index (χ3v) is 4.15. The van der Waals surface area contributed by atoms with E-state index in [0.717, 1.165) is 22.9 Å². The number of aromatic nitrogens is 4. The number of hydrogen-bond donors (Lipinski definition) is 1. The van der Waals surface area contributed by atoms with Crippen LogP contribution in [0.25, 0.3) is 22.6 Å². The van der Waals surface area contributed by atoms with Crippen LogP contribution < -0.4 is 5.32 Å². The van der Waals surface area contributed by atoms with Crippen LogP contribution in [-0.2, 0) is 0 Å². The van der Waals surface area contributed by atoms with Gasteiger partial charge < -0.3 is 9.84 Å². The lowest BCUT2D eigenvalue weighted by Gasteiger charge is -2.08. The van der Waals surface area contributed by atoms with Crippen LogP contribution in [0.5, 0.6) is 0 Å². The largest absolute Gasteiger partial charge is 0.356 e. The SMILES string of the molecule is Cc1ccc(-c2ccno2)cc1-c1cnc(NC(=O)c2ccncc2F)cn1. The number of pyridine rings is 1. The summed E-state index contributed by atoms with van der Waals surface area (Å²) >= 11 is 0. The summed E-state index contributed by atoms with van der Waals surface area (Å²) in [5.74, 6) is -0.457. The Morgan fingerprint density at radius 3 is 2.68 bits per heavy atom. The number of halogens is 1. The Labute approximate surface area is 159 Å². The van der Waals surface area contributed by atoms with Crippen molar-refractivity contribution >= 4 is 11.7 Å². The van der Waals surface area contributed by atoms with Crippen LogP contribution in [-0.4, -0.2) is 26.0 Å². The molecule has 0 aliphatic carbocycles. The first-order valence-electron chi connectivity index (χ1n) is 8.37. The average Bonchev–Trinajstić information content (AvgIpc) is 3.24. The highest BCUT2D eigenvalue weighted by Gasteiger charge is 2.13. The van der Waals surface area contributed by atoms with E-state index in [2.05, 4.69) is 25.4 Å². The molecule has 4 rings (SSSR count). The van der Waals surface area contributed by atoms with Crippen molar-refractivity contribution in [2.24, 2.45) is 0 Å². The zero-order chi connectivity index (χ0) is 19.5. The van der Waals surface area contributed by atoms with Crippen molar-refractivity contribution in [1.82, 2.24) is 20.1 Å². The Morgan fingerprint density at radius 1 is 1.07 bits per heavy atom. The second kappa shape index (κ2) is 7.36. The van der Waals surface area contributed by atoms with Crippen LogP contribution in [0.1, 0.15) is 15.9 Å². The molecule has 3 heterocycles. The number of rotatable bonds is 4. The lowest BCUT2D eigenvalue weighted by Crippen LogP contribution is -2.15. The first kappa shape index (κ1) is 17.5. The van der Waals surface area contributed by atoms with E-state index in [0.29, 0.717) is 11.5 Å². The quantitative estimate of drug-likeness (QED) is 0.581. The van der Waals surface area contributed by atoms with E-state index in [-0.39, 0.29) is 11.4 Å². The van der Waals surface area contributed by atoms with Crippen molar-refractivity contribution < 1.29 is 13.7 Å². The number of carbonyl (C=O) groups is 1. The molecule has 138 valence electrons. The Kier molecular flexibility index (Phi) is 4.59. The highest BCUT2D eigenvalue weighted by Crippen LogP contribution is 2.28. The molecule has 0 aliphatic rings. The van der Waals surface area contributed by atoms with Crippen molar-refractivity contribution in [2.75, 3.05) is 5.32 Å². The summed E-state index contributed by atoms with van der Waals surface area (Å²) in [6, 6.07) is 8.90. The number of carbonyl (C=O) groups excluding carboxylic acids is 1. The molecule has 0 unspecified atom stereocenters. The van der Waals surface area contributed by atoms with Crippen LogP contribution in [0.15, 0.2) is 65.8 Å². The summed E-state index contributed by atoms with van der Waals surface area (Å²) in [7, 11) is 0. The number of hydrogen-bond acceptors (Lipinski definition) is 6. The van der Waals surface area contributed by atoms with Gasteiger partial charge in [0.2, 0.25) is 0 Å². The van der Waals surface area contributed by atoms with Crippen molar-refractivity contribution in [2.45, 2.75) is 6.92 Å². The average molecular weight is 375 g/mol. The smallest absolute Gasteiger partial charge is 0.259 e. The Morgan fingerprint density at radius 2 is 1.96 bits per heavy atom. The van der Waals surface area contributed by atoms with Gasteiger partial charge in [-0.1, -0.05) is 17.3 Å². The van der Waals surface area contributed by atoms with Gasteiger partial charge >= 0.3 is 0 Å². The van der Waals surface area contributed by atoms with E-state index in [1.54, 1.807) is 18.5 Å². The lowest BCUT2D eigenvalue weighted by molar-refractivity contribution is 0.102. The zero-order valence-corrected chi connectivity index (χ0v) is 14.8. The molecule has 4 aromatic rings. The number of benzene rings is 1. The van der Waals surface area contributed by atoms with Gasteiger partial charge in [0.15, 0.2) is 17.4 Å². The summed E-state index contributed by atoms with van der Waals surface area (Å²) in [5, 5.41) is 6.24. The van der Waals surface area contributed by atoms with Crippen molar-refractivity contribution in [1.29, 1.82) is 0 Å². The Balaban J connectivity index is 1.58. The first-order chi connectivity index (χ1) is 13.6.